The molecule has 4 heterocycles. The van der Waals surface area contributed by atoms with Gasteiger partial charge in [-0.25, -0.2) is 9.78 Å². The third kappa shape index (κ3) is 3.57. The fraction of sp³-hybridized carbons (Fsp3) is 0.381. The molecule has 1 aliphatic heterocycles. The van der Waals surface area contributed by atoms with Gasteiger partial charge in [-0.05, 0) is 37.5 Å². The Morgan fingerprint density at radius 3 is 2.56 bits per heavy atom. The van der Waals surface area contributed by atoms with E-state index in [1.807, 2.05) is 0 Å². The van der Waals surface area contributed by atoms with E-state index in [4.69, 9.17) is 0 Å². The summed E-state index contributed by atoms with van der Waals surface area (Å²) in [6.07, 6.45) is -0.144. The minimum absolute atomic E-state index is 0.00924. The Bertz CT molecular complexity index is 1310. The van der Waals surface area contributed by atoms with E-state index >= 15 is 0 Å². The van der Waals surface area contributed by atoms with E-state index in [9.17, 15) is 27.6 Å². The molecular weight excluding hydrogens is 427 g/mol. The van der Waals surface area contributed by atoms with Gasteiger partial charge in [-0.3, -0.25) is 23.7 Å². The number of likely N-dealkylation sites (tertiary alicyclic amines) is 1. The predicted octanol–water partition coefficient (Wildman–Crippen LogP) is 2.41. The van der Waals surface area contributed by atoms with E-state index in [0.717, 1.165) is 17.7 Å². The molecule has 1 amide bonds. The number of aromatic nitrogens is 4. The van der Waals surface area contributed by atoms with Crippen molar-refractivity contribution in [2.24, 2.45) is 14.1 Å². The minimum Gasteiger partial charge on any atom is -0.330 e. The van der Waals surface area contributed by atoms with Gasteiger partial charge < -0.3 is 4.90 Å². The maximum Gasteiger partial charge on any atom is 0.417 e. The second kappa shape index (κ2) is 7.88. The van der Waals surface area contributed by atoms with Crippen LogP contribution in [0.25, 0.3) is 11.0 Å². The molecule has 0 spiro atoms. The van der Waals surface area contributed by atoms with E-state index in [0.29, 0.717) is 35.9 Å². The SMILES string of the molecule is Cn1c(=O)c2c(C(F)(F)F)cc([C@@H]3CCCCN3C(=O)c3cccnc3)nc2n(C)c1=O. The van der Waals surface area contributed by atoms with Crippen molar-refractivity contribution >= 4 is 16.9 Å². The molecule has 32 heavy (non-hydrogen) atoms. The molecule has 1 aliphatic rings. The lowest BCUT2D eigenvalue weighted by molar-refractivity contribution is -0.136. The van der Waals surface area contributed by atoms with Gasteiger partial charge in [0.15, 0.2) is 0 Å². The summed E-state index contributed by atoms with van der Waals surface area (Å²) < 4.78 is 43.5. The normalized spacial score (nSPS) is 17.0. The zero-order valence-corrected chi connectivity index (χ0v) is 17.4. The van der Waals surface area contributed by atoms with Gasteiger partial charge in [0.25, 0.3) is 11.5 Å². The maximum atomic E-state index is 14.0. The lowest BCUT2D eigenvalue weighted by Crippen LogP contribution is -2.40. The van der Waals surface area contributed by atoms with Crippen molar-refractivity contribution in [1.29, 1.82) is 0 Å². The fourth-order valence-electron chi connectivity index (χ4n) is 4.11. The molecule has 168 valence electrons. The smallest absolute Gasteiger partial charge is 0.330 e. The lowest BCUT2D eigenvalue weighted by atomic mass is 9.96. The van der Waals surface area contributed by atoms with E-state index in [2.05, 4.69) is 9.97 Å². The Morgan fingerprint density at radius 2 is 1.91 bits per heavy atom. The molecule has 1 saturated heterocycles. The summed E-state index contributed by atoms with van der Waals surface area (Å²) in [6.45, 7) is 0.342. The first-order chi connectivity index (χ1) is 15.1. The van der Waals surface area contributed by atoms with Crippen LogP contribution in [0.3, 0.4) is 0 Å². The van der Waals surface area contributed by atoms with Crippen LogP contribution in [0.1, 0.15) is 46.9 Å². The molecule has 3 aromatic heterocycles. The van der Waals surface area contributed by atoms with E-state index in [-0.39, 0.29) is 17.2 Å². The first kappa shape index (κ1) is 21.7. The standard InChI is InChI=1S/C21H20F3N5O3/c1-27-17-16(19(31)28(2)20(27)32)13(21(22,23)24)10-14(26-17)15-7-3-4-9-29(15)18(30)12-6-5-8-25-11-12/h5-6,8,10-11,15H,3-4,7,9H2,1-2H3/t15-/m0/s1. The molecule has 0 radical (unpaired) electrons. The van der Waals surface area contributed by atoms with Crippen molar-refractivity contribution in [3.8, 4) is 0 Å². The Hall–Kier alpha value is -3.50. The molecule has 1 atom stereocenters. The number of alkyl halides is 3. The number of carbonyl (C=O) groups is 1. The summed E-state index contributed by atoms with van der Waals surface area (Å²) in [5, 5.41) is -0.674. The summed E-state index contributed by atoms with van der Waals surface area (Å²) in [4.78, 5) is 47.7. The van der Waals surface area contributed by atoms with E-state index in [1.54, 1.807) is 12.1 Å². The number of piperidine rings is 1. The fourth-order valence-corrected chi connectivity index (χ4v) is 4.11. The molecule has 1 fully saturated rings. The van der Waals surface area contributed by atoms with Crippen LogP contribution in [0.2, 0.25) is 0 Å². The van der Waals surface area contributed by atoms with Gasteiger partial charge >= 0.3 is 11.9 Å². The summed E-state index contributed by atoms with van der Waals surface area (Å²) in [5.74, 6) is -0.365. The first-order valence-electron chi connectivity index (χ1n) is 10.00. The van der Waals surface area contributed by atoms with Crippen LogP contribution in [0, 0.1) is 0 Å². The van der Waals surface area contributed by atoms with E-state index in [1.165, 1.54) is 24.3 Å². The lowest BCUT2D eigenvalue weighted by Gasteiger charge is -2.35. The maximum absolute atomic E-state index is 14.0. The Labute approximate surface area is 179 Å². The molecule has 4 rings (SSSR count). The van der Waals surface area contributed by atoms with Gasteiger partial charge in [0.05, 0.1) is 28.2 Å². The average Bonchev–Trinajstić information content (AvgIpc) is 2.80. The number of hydrogen-bond acceptors (Lipinski definition) is 5. The number of pyridine rings is 2. The van der Waals surface area contributed by atoms with Crippen LogP contribution in [0.5, 0.6) is 0 Å². The number of nitrogens with zero attached hydrogens (tertiary/aromatic N) is 5. The highest BCUT2D eigenvalue weighted by Gasteiger charge is 2.38. The number of hydrogen-bond donors (Lipinski definition) is 0. The van der Waals surface area contributed by atoms with Crippen LogP contribution in [-0.2, 0) is 20.3 Å². The number of fused-ring (bicyclic) bond motifs is 1. The molecule has 0 aromatic carbocycles. The zero-order chi connectivity index (χ0) is 23.2. The second-order valence-corrected chi connectivity index (χ2v) is 7.75. The van der Waals surface area contributed by atoms with Gasteiger partial charge in [0.2, 0.25) is 0 Å². The van der Waals surface area contributed by atoms with Gasteiger partial charge in [-0.2, -0.15) is 13.2 Å². The molecule has 11 heteroatoms. The van der Waals surface area contributed by atoms with Crippen molar-refractivity contribution < 1.29 is 18.0 Å². The molecule has 0 N–H and O–H groups in total. The van der Waals surface area contributed by atoms with Crippen molar-refractivity contribution in [3.63, 3.8) is 0 Å². The molecular formula is C21H20F3N5O3. The zero-order valence-electron chi connectivity index (χ0n) is 17.4. The number of rotatable bonds is 2. The first-order valence-corrected chi connectivity index (χ1v) is 10.00. The molecule has 0 aliphatic carbocycles. The average molecular weight is 447 g/mol. The van der Waals surface area contributed by atoms with E-state index < -0.39 is 34.4 Å². The third-order valence-corrected chi connectivity index (χ3v) is 5.75. The summed E-state index contributed by atoms with van der Waals surface area (Å²) in [6, 6.07) is 3.28. The topological polar surface area (TPSA) is 90.1 Å². The van der Waals surface area contributed by atoms with Gasteiger partial charge in [0.1, 0.15) is 5.65 Å². The van der Waals surface area contributed by atoms with Gasteiger partial charge in [-0.1, -0.05) is 0 Å². The molecule has 0 saturated carbocycles. The van der Waals surface area contributed by atoms with Crippen molar-refractivity contribution in [1.82, 2.24) is 24.0 Å². The molecule has 0 bridgehead atoms. The van der Waals surface area contributed by atoms with Crippen LogP contribution in [0.4, 0.5) is 13.2 Å². The third-order valence-electron chi connectivity index (χ3n) is 5.75. The molecule has 8 nitrogen and oxygen atoms in total. The quantitative estimate of drug-likeness (QED) is 0.602. The Balaban J connectivity index is 1.94. The van der Waals surface area contributed by atoms with Crippen LogP contribution in [0.15, 0.2) is 40.2 Å². The monoisotopic (exact) mass is 447 g/mol. The number of carbonyl (C=O) groups excluding carboxylic acids is 1. The summed E-state index contributed by atoms with van der Waals surface area (Å²) in [7, 11) is 2.38. The molecule has 0 unspecified atom stereocenters. The van der Waals surface area contributed by atoms with Gasteiger partial charge in [-0.15, -0.1) is 0 Å². The highest BCUT2D eigenvalue weighted by atomic mass is 19.4. The van der Waals surface area contributed by atoms with Crippen LogP contribution < -0.4 is 11.2 Å². The van der Waals surface area contributed by atoms with Crippen molar-refractivity contribution in [2.45, 2.75) is 31.5 Å². The van der Waals surface area contributed by atoms with Gasteiger partial charge in [0, 0.05) is 33.0 Å². The summed E-state index contributed by atoms with van der Waals surface area (Å²) >= 11 is 0. The number of aryl methyl sites for hydroxylation is 1. The Kier molecular flexibility index (Phi) is 5.35. The summed E-state index contributed by atoms with van der Waals surface area (Å²) in [5.41, 5.74) is -3.08. The Morgan fingerprint density at radius 1 is 1.16 bits per heavy atom. The van der Waals surface area contributed by atoms with Crippen LogP contribution >= 0.6 is 0 Å². The minimum atomic E-state index is -4.85. The van der Waals surface area contributed by atoms with Crippen molar-refractivity contribution in [3.05, 3.63) is 68.3 Å². The highest BCUT2D eigenvalue weighted by Crippen LogP contribution is 2.37. The number of halogens is 3. The van der Waals surface area contributed by atoms with Crippen molar-refractivity contribution in [2.75, 3.05) is 6.54 Å². The largest absolute Gasteiger partial charge is 0.417 e. The van der Waals surface area contributed by atoms with Crippen LogP contribution in [-0.4, -0.2) is 36.5 Å². The second-order valence-electron chi connectivity index (χ2n) is 7.75. The molecule has 3 aromatic rings. The number of amides is 1. The highest BCUT2D eigenvalue weighted by molar-refractivity contribution is 5.94. The predicted molar refractivity (Wildman–Crippen MR) is 109 cm³/mol.